The molecule has 2 aromatic rings. The lowest BCUT2D eigenvalue weighted by Crippen LogP contribution is -2.27. The second-order valence-corrected chi connectivity index (χ2v) is 8.26. The van der Waals surface area contributed by atoms with E-state index in [9.17, 15) is 9.59 Å². The van der Waals surface area contributed by atoms with E-state index in [4.69, 9.17) is 0 Å². The van der Waals surface area contributed by atoms with Crippen molar-refractivity contribution in [1.29, 1.82) is 0 Å². The Morgan fingerprint density at radius 2 is 1.61 bits per heavy atom. The molecule has 4 heteroatoms. The fraction of sp³-hybridized carbons (Fsp3) is 0.417. The van der Waals surface area contributed by atoms with Gasteiger partial charge in [-0.3, -0.25) is 9.59 Å². The summed E-state index contributed by atoms with van der Waals surface area (Å²) in [6.45, 7) is 5.98. The Labute approximate surface area is 167 Å². The lowest BCUT2D eigenvalue weighted by atomic mass is 9.81. The molecule has 0 spiro atoms. The summed E-state index contributed by atoms with van der Waals surface area (Å²) in [5.41, 5.74) is 2.85. The van der Waals surface area contributed by atoms with Gasteiger partial charge in [0.05, 0.1) is 0 Å². The maximum absolute atomic E-state index is 12.5. The van der Waals surface area contributed by atoms with Crippen LogP contribution in [-0.4, -0.2) is 29.8 Å². The SMILES string of the molecule is CC(C)(CC(=O)Nc1ccc(CCC(=O)N2CCCC2)cc1)c1ccccc1. The first-order valence-corrected chi connectivity index (χ1v) is 10.2. The molecule has 1 fully saturated rings. The van der Waals surface area contributed by atoms with E-state index in [-0.39, 0.29) is 17.2 Å². The molecular weight excluding hydrogens is 348 g/mol. The van der Waals surface area contributed by atoms with E-state index in [2.05, 4.69) is 31.3 Å². The monoisotopic (exact) mass is 378 g/mol. The summed E-state index contributed by atoms with van der Waals surface area (Å²) in [7, 11) is 0. The van der Waals surface area contributed by atoms with Crippen LogP contribution in [-0.2, 0) is 21.4 Å². The number of likely N-dealkylation sites (tertiary alicyclic amines) is 1. The number of carbonyl (C=O) groups is 2. The number of benzene rings is 2. The molecule has 2 aromatic carbocycles. The first-order valence-electron chi connectivity index (χ1n) is 10.2. The molecular formula is C24H30N2O2. The smallest absolute Gasteiger partial charge is 0.225 e. The van der Waals surface area contributed by atoms with Gasteiger partial charge in [0.2, 0.25) is 11.8 Å². The number of rotatable bonds is 7. The minimum Gasteiger partial charge on any atom is -0.343 e. The van der Waals surface area contributed by atoms with E-state index < -0.39 is 0 Å². The highest BCUT2D eigenvalue weighted by molar-refractivity contribution is 5.91. The van der Waals surface area contributed by atoms with Crippen LogP contribution >= 0.6 is 0 Å². The molecule has 1 heterocycles. The number of nitrogens with one attached hydrogen (secondary N) is 1. The summed E-state index contributed by atoms with van der Waals surface area (Å²) >= 11 is 0. The van der Waals surface area contributed by atoms with Gasteiger partial charge in [-0.2, -0.15) is 0 Å². The first kappa shape index (κ1) is 20.1. The number of amides is 2. The van der Waals surface area contributed by atoms with Crippen molar-refractivity contribution in [3.63, 3.8) is 0 Å². The van der Waals surface area contributed by atoms with Crippen LogP contribution in [0.2, 0.25) is 0 Å². The third-order valence-electron chi connectivity index (χ3n) is 5.48. The molecule has 0 saturated carbocycles. The average molecular weight is 379 g/mol. The Morgan fingerprint density at radius 1 is 0.964 bits per heavy atom. The summed E-state index contributed by atoms with van der Waals surface area (Å²) in [6.07, 6.45) is 3.97. The number of hydrogen-bond donors (Lipinski definition) is 1. The van der Waals surface area contributed by atoms with E-state index in [1.54, 1.807) is 0 Å². The zero-order valence-electron chi connectivity index (χ0n) is 16.9. The van der Waals surface area contributed by atoms with Crippen molar-refractivity contribution >= 4 is 17.5 Å². The van der Waals surface area contributed by atoms with Gasteiger partial charge in [0, 0.05) is 31.6 Å². The zero-order chi connectivity index (χ0) is 20.0. The van der Waals surface area contributed by atoms with E-state index in [0.29, 0.717) is 12.8 Å². The summed E-state index contributed by atoms with van der Waals surface area (Å²) in [6, 6.07) is 17.9. The molecule has 0 unspecified atom stereocenters. The van der Waals surface area contributed by atoms with Gasteiger partial charge in [-0.15, -0.1) is 0 Å². The number of hydrogen-bond acceptors (Lipinski definition) is 2. The Kier molecular flexibility index (Phi) is 6.50. The normalized spacial score (nSPS) is 14.1. The predicted octanol–water partition coefficient (Wildman–Crippen LogP) is 4.55. The molecule has 1 N–H and O–H groups in total. The van der Waals surface area contributed by atoms with E-state index in [1.165, 1.54) is 0 Å². The largest absolute Gasteiger partial charge is 0.343 e. The highest BCUT2D eigenvalue weighted by atomic mass is 16.2. The standard InChI is InChI=1S/C24H30N2O2/c1-24(2,20-8-4-3-5-9-20)18-22(27)25-21-13-10-19(11-14-21)12-15-23(28)26-16-6-7-17-26/h3-5,8-11,13-14H,6-7,12,15-18H2,1-2H3,(H,25,27). The fourth-order valence-electron chi connectivity index (χ4n) is 3.73. The predicted molar refractivity (Wildman–Crippen MR) is 113 cm³/mol. The van der Waals surface area contributed by atoms with Gasteiger partial charge in [-0.1, -0.05) is 56.3 Å². The van der Waals surface area contributed by atoms with Crippen molar-refractivity contribution in [3.8, 4) is 0 Å². The number of carbonyl (C=O) groups excluding carboxylic acids is 2. The molecule has 0 radical (unpaired) electrons. The zero-order valence-corrected chi connectivity index (χ0v) is 16.9. The van der Waals surface area contributed by atoms with Crippen LogP contribution in [0.1, 0.15) is 50.7 Å². The van der Waals surface area contributed by atoms with Crippen LogP contribution in [0.15, 0.2) is 54.6 Å². The van der Waals surface area contributed by atoms with Crippen LogP contribution in [0.25, 0.3) is 0 Å². The van der Waals surface area contributed by atoms with Crippen LogP contribution in [0, 0.1) is 0 Å². The number of nitrogens with zero attached hydrogens (tertiary/aromatic N) is 1. The van der Waals surface area contributed by atoms with Crippen LogP contribution in [0.5, 0.6) is 0 Å². The quantitative estimate of drug-likeness (QED) is 0.768. The minimum atomic E-state index is -0.221. The molecule has 1 aliphatic rings. The van der Waals surface area contributed by atoms with E-state index in [1.807, 2.05) is 47.4 Å². The highest BCUT2D eigenvalue weighted by Gasteiger charge is 2.24. The van der Waals surface area contributed by atoms with Gasteiger partial charge < -0.3 is 10.2 Å². The average Bonchev–Trinajstić information content (AvgIpc) is 3.22. The molecule has 0 aromatic heterocycles. The summed E-state index contributed by atoms with van der Waals surface area (Å²) < 4.78 is 0. The lowest BCUT2D eigenvalue weighted by molar-refractivity contribution is -0.130. The summed E-state index contributed by atoms with van der Waals surface area (Å²) in [4.78, 5) is 26.6. The lowest BCUT2D eigenvalue weighted by Gasteiger charge is -2.24. The Hall–Kier alpha value is -2.62. The van der Waals surface area contributed by atoms with Crippen molar-refractivity contribution < 1.29 is 9.59 Å². The van der Waals surface area contributed by atoms with E-state index >= 15 is 0 Å². The van der Waals surface area contributed by atoms with Crippen LogP contribution < -0.4 is 5.32 Å². The third kappa shape index (κ3) is 5.44. The molecule has 1 aliphatic heterocycles. The fourth-order valence-corrected chi connectivity index (χ4v) is 3.73. The number of aryl methyl sites for hydroxylation is 1. The molecule has 0 bridgehead atoms. The second kappa shape index (κ2) is 9.05. The molecule has 2 amide bonds. The van der Waals surface area contributed by atoms with Crippen molar-refractivity contribution in [2.45, 2.75) is 51.4 Å². The Morgan fingerprint density at radius 3 is 2.25 bits per heavy atom. The Balaban J connectivity index is 1.49. The molecule has 4 nitrogen and oxygen atoms in total. The second-order valence-electron chi connectivity index (χ2n) is 8.26. The molecule has 148 valence electrons. The molecule has 0 atom stereocenters. The van der Waals surface area contributed by atoms with Gasteiger partial charge in [0.1, 0.15) is 0 Å². The molecule has 1 saturated heterocycles. The maximum Gasteiger partial charge on any atom is 0.225 e. The van der Waals surface area contributed by atoms with Crippen molar-refractivity contribution in [2.75, 3.05) is 18.4 Å². The topological polar surface area (TPSA) is 49.4 Å². The van der Waals surface area contributed by atoms with Gasteiger partial charge in [0.15, 0.2) is 0 Å². The number of anilines is 1. The van der Waals surface area contributed by atoms with E-state index in [0.717, 1.165) is 49.2 Å². The summed E-state index contributed by atoms with van der Waals surface area (Å²) in [5, 5.41) is 2.99. The third-order valence-corrected chi connectivity index (χ3v) is 5.48. The van der Waals surface area contributed by atoms with Gasteiger partial charge >= 0.3 is 0 Å². The van der Waals surface area contributed by atoms with Crippen LogP contribution in [0.4, 0.5) is 5.69 Å². The minimum absolute atomic E-state index is 0.00538. The molecule has 0 aliphatic carbocycles. The first-order chi connectivity index (χ1) is 13.4. The summed E-state index contributed by atoms with van der Waals surface area (Å²) in [5.74, 6) is 0.254. The van der Waals surface area contributed by atoms with Gasteiger partial charge in [-0.05, 0) is 47.9 Å². The van der Waals surface area contributed by atoms with Crippen LogP contribution in [0.3, 0.4) is 0 Å². The van der Waals surface area contributed by atoms with Crippen molar-refractivity contribution in [3.05, 3.63) is 65.7 Å². The Bertz CT molecular complexity index is 791. The van der Waals surface area contributed by atoms with Crippen molar-refractivity contribution in [1.82, 2.24) is 4.90 Å². The van der Waals surface area contributed by atoms with Crippen molar-refractivity contribution in [2.24, 2.45) is 0 Å². The highest BCUT2D eigenvalue weighted by Crippen LogP contribution is 2.27. The maximum atomic E-state index is 12.5. The van der Waals surface area contributed by atoms with Gasteiger partial charge in [0.25, 0.3) is 0 Å². The molecule has 3 rings (SSSR count). The molecule has 28 heavy (non-hydrogen) atoms. The van der Waals surface area contributed by atoms with Gasteiger partial charge in [-0.25, -0.2) is 0 Å².